The quantitative estimate of drug-likeness (QED) is 0.525. The third kappa shape index (κ3) is 3.78. The lowest BCUT2D eigenvalue weighted by Crippen LogP contribution is -2.58. The number of carbonyl (C=O) groups excluding carboxylic acids is 1. The molecule has 2 aliphatic carbocycles. The first kappa shape index (κ1) is 21.5. The molecule has 7 nitrogen and oxygen atoms in total. The summed E-state index contributed by atoms with van der Waals surface area (Å²) in [5.74, 6) is 0.258. The van der Waals surface area contributed by atoms with Gasteiger partial charge in [-0.25, -0.2) is 0 Å². The van der Waals surface area contributed by atoms with Crippen molar-refractivity contribution in [3.63, 3.8) is 0 Å². The molecule has 0 bridgehead atoms. The van der Waals surface area contributed by atoms with Crippen LogP contribution in [0.2, 0.25) is 0 Å². The molecule has 1 heterocycles. The number of aliphatic hydroxyl groups is 4. The van der Waals surface area contributed by atoms with Crippen LogP contribution >= 0.6 is 0 Å². The molecule has 28 heavy (non-hydrogen) atoms. The zero-order valence-corrected chi connectivity index (χ0v) is 16.7. The Morgan fingerprint density at radius 2 is 2.04 bits per heavy atom. The fraction of sp³-hybridized carbons (Fsp3) is 0.762. The molecule has 0 amide bonds. The van der Waals surface area contributed by atoms with Gasteiger partial charge in [0.15, 0.2) is 5.78 Å². The minimum atomic E-state index is -1.49. The first-order valence-electron chi connectivity index (χ1n) is 10.1. The van der Waals surface area contributed by atoms with Crippen LogP contribution in [-0.2, 0) is 14.3 Å². The summed E-state index contributed by atoms with van der Waals surface area (Å²) in [5.41, 5.74) is 1.96. The van der Waals surface area contributed by atoms with E-state index in [4.69, 9.17) is 9.47 Å². The van der Waals surface area contributed by atoms with Gasteiger partial charge < -0.3 is 29.9 Å². The van der Waals surface area contributed by atoms with Crippen LogP contribution in [0.15, 0.2) is 23.5 Å². The fourth-order valence-electron chi connectivity index (χ4n) is 4.71. The largest absolute Gasteiger partial charge is 0.470 e. The second-order valence-electron chi connectivity index (χ2n) is 8.73. The molecular formula is C21H32O7. The number of allylic oxidation sites excluding steroid dienone is 3. The molecular weight excluding hydrogens is 364 g/mol. The molecule has 1 saturated heterocycles. The number of ketones is 1. The summed E-state index contributed by atoms with van der Waals surface area (Å²) in [4.78, 5) is 12.7. The van der Waals surface area contributed by atoms with Gasteiger partial charge in [0.05, 0.1) is 12.9 Å². The second-order valence-corrected chi connectivity index (χ2v) is 8.73. The van der Waals surface area contributed by atoms with Crippen molar-refractivity contribution in [2.24, 2.45) is 17.3 Å². The van der Waals surface area contributed by atoms with E-state index in [2.05, 4.69) is 13.8 Å². The summed E-state index contributed by atoms with van der Waals surface area (Å²) >= 11 is 0. The normalized spacial score (nSPS) is 44.7. The number of hydrogen-bond donors (Lipinski definition) is 4. The Hall–Kier alpha value is -1.25. The van der Waals surface area contributed by atoms with Gasteiger partial charge in [0.2, 0.25) is 6.29 Å². The monoisotopic (exact) mass is 396 g/mol. The maximum absolute atomic E-state index is 12.7. The van der Waals surface area contributed by atoms with E-state index in [0.29, 0.717) is 5.92 Å². The molecule has 0 spiro atoms. The van der Waals surface area contributed by atoms with Gasteiger partial charge in [-0.1, -0.05) is 19.4 Å². The number of aliphatic hydroxyl groups excluding tert-OH is 4. The molecule has 0 unspecified atom stereocenters. The van der Waals surface area contributed by atoms with Gasteiger partial charge in [0.25, 0.3) is 0 Å². The van der Waals surface area contributed by atoms with Gasteiger partial charge in [-0.05, 0) is 55.6 Å². The molecule has 3 aliphatic rings. The Labute approximate surface area is 165 Å². The van der Waals surface area contributed by atoms with Crippen LogP contribution in [0.1, 0.15) is 46.5 Å². The van der Waals surface area contributed by atoms with E-state index < -0.39 is 37.3 Å². The molecule has 8 atom stereocenters. The molecule has 0 radical (unpaired) electrons. The van der Waals surface area contributed by atoms with Crippen LogP contribution in [0.25, 0.3) is 0 Å². The molecule has 7 heteroatoms. The standard InChI is InChI=1S/C21H32O7/c1-11(10-27-20-19(26)18(25)17(24)16(9-22)28-20)14-8-21(3)12(2)5-4-6-13(21)7-15(14)23/h7,10,12,14,16-20,22,24-26H,4-6,8-9H2,1-3H3/t12-,14-,16+,17+,18-,19+,20+,21+/m0/s1. The lowest BCUT2D eigenvalue weighted by atomic mass is 9.58. The Morgan fingerprint density at radius 3 is 2.71 bits per heavy atom. The van der Waals surface area contributed by atoms with E-state index in [0.717, 1.165) is 31.3 Å². The van der Waals surface area contributed by atoms with E-state index in [-0.39, 0.29) is 17.1 Å². The predicted octanol–water partition coefficient (Wildman–Crippen LogP) is 1.05. The highest BCUT2D eigenvalue weighted by atomic mass is 16.7. The number of fused-ring (bicyclic) bond motifs is 1. The van der Waals surface area contributed by atoms with Crippen LogP contribution in [-0.4, -0.2) is 63.5 Å². The Kier molecular flexibility index (Phi) is 6.32. The molecule has 0 aromatic rings. The van der Waals surface area contributed by atoms with Crippen molar-refractivity contribution in [1.29, 1.82) is 0 Å². The van der Waals surface area contributed by atoms with Crippen LogP contribution in [0.5, 0.6) is 0 Å². The SMILES string of the molecule is CC(=CO[C@@H]1O[C@H](CO)[C@@H](O)[C@H](O)[C@H]1O)[C@@H]1C[C@@]2(C)C(=CC1=O)CCC[C@@H]2C. The van der Waals surface area contributed by atoms with Gasteiger partial charge in [-0.2, -0.15) is 0 Å². The van der Waals surface area contributed by atoms with Crippen molar-refractivity contribution in [1.82, 2.24) is 0 Å². The van der Waals surface area contributed by atoms with Crippen molar-refractivity contribution in [3.8, 4) is 0 Å². The number of rotatable bonds is 4. The molecule has 2 fully saturated rings. The molecule has 3 rings (SSSR count). The Bertz CT molecular complexity index is 655. The summed E-state index contributed by atoms with van der Waals surface area (Å²) in [7, 11) is 0. The van der Waals surface area contributed by atoms with Gasteiger partial charge >= 0.3 is 0 Å². The fourth-order valence-corrected chi connectivity index (χ4v) is 4.71. The van der Waals surface area contributed by atoms with Crippen molar-refractivity contribution in [2.75, 3.05) is 6.61 Å². The third-order valence-corrected chi connectivity index (χ3v) is 6.98. The maximum atomic E-state index is 12.7. The molecule has 0 aromatic heterocycles. The lowest BCUT2D eigenvalue weighted by Gasteiger charge is -2.46. The maximum Gasteiger partial charge on any atom is 0.228 e. The highest BCUT2D eigenvalue weighted by Crippen LogP contribution is 2.52. The van der Waals surface area contributed by atoms with Crippen molar-refractivity contribution >= 4 is 5.78 Å². The summed E-state index contributed by atoms with van der Waals surface area (Å²) < 4.78 is 10.9. The van der Waals surface area contributed by atoms with Gasteiger partial charge in [0.1, 0.15) is 24.4 Å². The van der Waals surface area contributed by atoms with Crippen molar-refractivity contribution < 1.29 is 34.7 Å². The zero-order valence-electron chi connectivity index (χ0n) is 16.7. The summed E-state index contributed by atoms with van der Waals surface area (Å²) in [5, 5.41) is 39.0. The summed E-state index contributed by atoms with van der Waals surface area (Å²) in [6.07, 6.45) is 0.512. The highest BCUT2D eigenvalue weighted by molar-refractivity contribution is 5.95. The summed E-state index contributed by atoms with van der Waals surface area (Å²) in [6.45, 7) is 5.76. The van der Waals surface area contributed by atoms with E-state index in [1.54, 1.807) is 6.08 Å². The molecule has 0 aromatic carbocycles. The predicted molar refractivity (Wildman–Crippen MR) is 101 cm³/mol. The van der Waals surface area contributed by atoms with Gasteiger partial charge in [-0.15, -0.1) is 0 Å². The number of hydrogen-bond acceptors (Lipinski definition) is 7. The average Bonchev–Trinajstić information content (AvgIpc) is 2.67. The van der Waals surface area contributed by atoms with E-state index in [1.165, 1.54) is 11.8 Å². The van der Waals surface area contributed by atoms with Crippen molar-refractivity contribution in [2.45, 2.75) is 77.2 Å². The number of carbonyl (C=O) groups is 1. The smallest absolute Gasteiger partial charge is 0.228 e. The number of ether oxygens (including phenoxy) is 2. The van der Waals surface area contributed by atoms with E-state index in [1.807, 2.05) is 6.92 Å². The zero-order chi connectivity index (χ0) is 20.6. The molecule has 1 aliphatic heterocycles. The van der Waals surface area contributed by atoms with E-state index in [9.17, 15) is 25.2 Å². The van der Waals surface area contributed by atoms with Crippen LogP contribution in [0.4, 0.5) is 0 Å². The molecule has 158 valence electrons. The molecule has 1 saturated carbocycles. The summed E-state index contributed by atoms with van der Waals surface area (Å²) in [6, 6.07) is 0. The average molecular weight is 396 g/mol. The van der Waals surface area contributed by atoms with E-state index >= 15 is 0 Å². The first-order chi connectivity index (χ1) is 13.2. The minimum absolute atomic E-state index is 0.00489. The Morgan fingerprint density at radius 1 is 1.32 bits per heavy atom. The van der Waals surface area contributed by atoms with Crippen LogP contribution < -0.4 is 0 Å². The lowest BCUT2D eigenvalue weighted by molar-refractivity contribution is -0.288. The van der Waals surface area contributed by atoms with Crippen molar-refractivity contribution in [3.05, 3.63) is 23.5 Å². The Balaban J connectivity index is 1.73. The first-order valence-corrected chi connectivity index (χ1v) is 10.1. The molecule has 4 N–H and O–H groups in total. The second kappa shape index (κ2) is 8.24. The topological polar surface area (TPSA) is 116 Å². The highest BCUT2D eigenvalue weighted by Gasteiger charge is 2.46. The third-order valence-electron chi connectivity index (χ3n) is 6.98. The van der Waals surface area contributed by atoms with Gasteiger partial charge in [0, 0.05) is 5.92 Å². The minimum Gasteiger partial charge on any atom is -0.470 e. The van der Waals surface area contributed by atoms with Gasteiger partial charge in [-0.3, -0.25) is 4.79 Å². The van der Waals surface area contributed by atoms with Crippen LogP contribution in [0.3, 0.4) is 0 Å². The van der Waals surface area contributed by atoms with Crippen LogP contribution in [0, 0.1) is 17.3 Å².